The molecular weight excluding hydrogens is 870 g/mol. The lowest BCUT2D eigenvalue weighted by Crippen LogP contribution is -2.67. The number of nitrogens with one attached hydrogen (secondary N) is 3. The van der Waals surface area contributed by atoms with E-state index in [9.17, 15) is 60.0 Å². The summed E-state index contributed by atoms with van der Waals surface area (Å²) in [7, 11) is 0. The fourth-order valence-corrected chi connectivity index (χ4v) is 9.80. The van der Waals surface area contributed by atoms with Crippen molar-refractivity contribution in [2.75, 3.05) is 19.7 Å². The molecule has 66 heavy (non-hydrogen) atoms. The van der Waals surface area contributed by atoms with Gasteiger partial charge in [-0.2, -0.15) is 0 Å². The van der Waals surface area contributed by atoms with Gasteiger partial charge in [-0.1, -0.05) is 45.4 Å². The molecule has 2 saturated heterocycles. The van der Waals surface area contributed by atoms with Crippen LogP contribution >= 0.6 is 0 Å². The lowest BCUT2D eigenvalue weighted by molar-refractivity contribution is -0.338. The predicted octanol–water partition coefficient (Wildman–Crippen LogP) is -0.465. The molecular formula is C45H67N3O18. The number of carbonyl (C=O) groups excluding carboxylic acids is 3. The molecule has 16 atom stereocenters. The van der Waals surface area contributed by atoms with Crippen LogP contribution in [0.4, 0.5) is 0 Å². The van der Waals surface area contributed by atoms with Crippen LogP contribution in [0.25, 0.3) is 5.57 Å². The van der Waals surface area contributed by atoms with Gasteiger partial charge in [0.05, 0.1) is 31.3 Å². The molecule has 11 N–H and O–H groups in total. The highest BCUT2D eigenvalue weighted by Crippen LogP contribution is 2.40. The zero-order valence-corrected chi connectivity index (χ0v) is 37.5. The van der Waals surface area contributed by atoms with Crippen molar-refractivity contribution in [3.05, 3.63) is 29.8 Å². The van der Waals surface area contributed by atoms with Crippen molar-refractivity contribution in [2.24, 2.45) is 17.8 Å². The Bertz CT molecular complexity index is 1850. The second-order valence-electron chi connectivity index (χ2n) is 18.1. The number of amides is 3. The Morgan fingerprint density at radius 3 is 2.29 bits per heavy atom. The monoisotopic (exact) mass is 937 g/mol. The molecule has 4 fully saturated rings. The zero-order chi connectivity index (χ0) is 47.8. The van der Waals surface area contributed by atoms with E-state index in [1.54, 1.807) is 6.07 Å². The van der Waals surface area contributed by atoms with E-state index in [0.717, 1.165) is 32.1 Å². The number of aliphatic carboxylic acids is 1. The fourth-order valence-electron chi connectivity index (χ4n) is 9.80. The summed E-state index contributed by atoms with van der Waals surface area (Å²) in [6.45, 7) is 3.87. The van der Waals surface area contributed by atoms with Gasteiger partial charge in [0.15, 0.2) is 18.7 Å². The molecule has 3 amide bonds. The van der Waals surface area contributed by atoms with E-state index in [1.165, 1.54) is 32.1 Å². The maximum Gasteiger partial charge on any atom is 0.332 e. The van der Waals surface area contributed by atoms with Gasteiger partial charge in [0, 0.05) is 37.6 Å². The van der Waals surface area contributed by atoms with Crippen molar-refractivity contribution in [3.8, 4) is 11.5 Å². The molecule has 6 rings (SSSR count). The summed E-state index contributed by atoms with van der Waals surface area (Å²) in [5, 5.41) is 92.4. The average molecular weight is 938 g/mol. The number of aliphatic hydroxyl groups is 6. The Hall–Kier alpha value is -4.00. The maximum atomic E-state index is 13.9. The first kappa shape index (κ1) is 51.4. The molecule has 2 aliphatic carbocycles. The predicted molar refractivity (Wildman–Crippen MR) is 229 cm³/mol. The quantitative estimate of drug-likeness (QED) is 0.0830. The van der Waals surface area contributed by atoms with E-state index >= 15 is 0 Å². The van der Waals surface area contributed by atoms with Gasteiger partial charge in [0.2, 0.25) is 24.0 Å². The minimum Gasteiger partial charge on any atom is -0.508 e. The number of carbonyl (C=O) groups is 4. The Morgan fingerprint density at radius 2 is 1.61 bits per heavy atom. The number of hydrogen-bond acceptors (Lipinski definition) is 17. The van der Waals surface area contributed by atoms with Gasteiger partial charge in [-0.25, -0.2) is 4.79 Å². The van der Waals surface area contributed by atoms with Gasteiger partial charge in [-0.05, 0) is 61.8 Å². The lowest BCUT2D eigenvalue weighted by Gasteiger charge is -2.49. The van der Waals surface area contributed by atoms with E-state index in [4.69, 9.17) is 28.4 Å². The Balaban J connectivity index is 1.19. The molecule has 3 heterocycles. The van der Waals surface area contributed by atoms with Crippen LogP contribution < -0.4 is 20.7 Å². The smallest absolute Gasteiger partial charge is 0.332 e. The standard InChI is InChI=1S/C45H67N3O18/c1-4-24-15-26(42(58)47-13-12-46-33(52)17-25-18-34(53)62-29-19-27(51)10-11-28(25)29)16-30(40(24)66-45-39(57)38(56)36(54)21(2)61-45)64-44-35(48-22(3)50)41(37(55)32(20-49)65-44)63-31(43(59)60)14-23-8-6-5-7-9-23/h10-11,18-19,21,23-24,26,30-32,34-41,44-45,49,51,53-57H,4-9,12-17,20H2,1-3H3,(H,46,52)(H,47,58)(H,48,50)(H,59,60)/t21-,24?,26?,30+,31-,32?,34?,35?,36?,37-,38?,39-,40?,41?,44+,45?/m0/s1. The third-order valence-electron chi connectivity index (χ3n) is 13.3. The van der Waals surface area contributed by atoms with Crippen LogP contribution in [0.1, 0.15) is 90.5 Å². The number of benzene rings is 1. The Kier molecular flexibility index (Phi) is 18.2. The number of rotatable bonds is 18. The van der Waals surface area contributed by atoms with Crippen LogP contribution in [0, 0.1) is 17.8 Å². The number of phenolic OH excluding ortho intramolecular Hbond substituents is 1. The van der Waals surface area contributed by atoms with Gasteiger partial charge in [-0.15, -0.1) is 0 Å². The van der Waals surface area contributed by atoms with Gasteiger partial charge in [0.25, 0.3) is 0 Å². The number of ether oxygens (including phenoxy) is 6. The normalized spacial score (nSPS) is 35.3. The molecule has 3 aliphatic heterocycles. The first-order valence-corrected chi connectivity index (χ1v) is 23.0. The molecule has 0 radical (unpaired) electrons. The van der Waals surface area contributed by atoms with Crippen molar-refractivity contribution in [2.45, 2.75) is 171 Å². The average Bonchev–Trinajstić information content (AvgIpc) is 3.27. The number of phenols is 1. The van der Waals surface area contributed by atoms with E-state index < -0.39 is 128 Å². The SMILES string of the molecule is CCC1CC(C(=O)NCCNC(=O)CC2=CC(O)Oc3cc(O)ccc32)C[C@@H](O[C@@H]2OC(CO)[C@H](O)C(O[C@@H](CC3CCCCC3)C(=O)O)C2NC(C)=O)C1OC1O[C@@H](C)C(O)C(O)[C@@H]1O. The summed E-state index contributed by atoms with van der Waals surface area (Å²) in [6.07, 6.45) is -11.4. The second kappa shape index (κ2) is 23.3. The summed E-state index contributed by atoms with van der Waals surface area (Å²) >= 11 is 0. The van der Waals surface area contributed by atoms with Gasteiger partial charge < -0.3 is 85.2 Å². The minimum atomic E-state index is -1.69. The number of fused-ring (bicyclic) bond motifs is 1. The van der Waals surface area contributed by atoms with Crippen molar-refractivity contribution in [1.29, 1.82) is 0 Å². The van der Waals surface area contributed by atoms with Crippen LogP contribution in [0.5, 0.6) is 11.5 Å². The Morgan fingerprint density at radius 1 is 0.879 bits per heavy atom. The van der Waals surface area contributed by atoms with Crippen LogP contribution in [0.3, 0.4) is 0 Å². The summed E-state index contributed by atoms with van der Waals surface area (Å²) < 4.78 is 36.5. The van der Waals surface area contributed by atoms with Crippen LogP contribution in [0.15, 0.2) is 24.3 Å². The highest BCUT2D eigenvalue weighted by atomic mass is 16.7. The van der Waals surface area contributed by atoms with Crippen molar-refractivity contribution < 1.29 is 88.5 Å². The van der Waals surface area contributed by atoms with Crippen LogP contribution in [0.2, 0.25) is 0 Å². The molecule has 370 valence electrons. The number of aromatic hydroxyl groups is 1. The molecule has 1 aromatic carbocycles. The van der Waals surface area contributed by atoms with E-state index in [2.05, 4.69) is 16.0 Å². The summed E-state index contributed by atoms with van der Waals surface area (Å²) in [4.78, 5) is 52.3. The molecule has 21 heteroatoms. The van der Waals surface area contributed by atoms with E-state index in [1.807, 2.05) is 6.92 Å². The largest absolute Gasteiger partial charge is 0.508 e. The van der Waals surface area contributed by atoms with Crippen LogP contribution in [-0.2, 0) is 42.9 Å². The molecule has 0 spiro atoms. The topological polar surface area (TPSA) is 322 Å². The molecule has 10 unspecified atom stereocenters. The van der Waals surface area contributed by atoms with Crippen molar-refractivity contribution in [1.82, 2.24) is 16.0 Å². The first-order chi connectivity index (χ1) is 31.5. The highest BCUT2D eigenvalue weighted by Gasteiger charge is 2.53. The summed E-state index contributed by atoms with van der Waals surface area (Å²) in [6, 6.07) is 3.00. The zero-order valence-electron chi connectivity index (χ0n) is 37.5. The maximum absolute atomic E-state index is 13.9. The van der Waals surface area contributed by atoms with E-state index in [-0.39, 0.29) is 56.2 Å². The van der Waals surface area contributed by atoms with Gasteiger partial charge >= 0.3 is 5.97 Å². The minimum absolute atomic E-state index is 0.0236. The lowest BCUT2D eigenvalue weighted by atomic mass is 9.75. The second-order valence-corrected chi connectivity index (χ2v) is 18.1. The third-order valence-corrected chi connectivity index (χ3v) is 13.3. The van der Waals surface area contributed by atoms with Crippen LogP contribution in [-0.4, -0.2) is 170 Å². The van der Waals surface area contributed by atoms with Gasteiger partial charge in [-0.3, -0.25) is 14.4 Å². The summed E-state index contributed by atoms with van der Waals surface area (Å²) in [5.41, 5.74) is 1.01. The Labute approximate surface area is 382 Å². The van der Waals surface area contributed by atoms with Crippen molar-refractivity contribution >= 4 is 29.3 Å². The molecule has 2 saturated carbocycles. The molecule has 1 aromatic rings. The molecule has 0 aromatic heterocycles. The number of carboxylic acids is 1. The van der Waals surface area contributed by atoms with E-state index in [0.29, 0.717) is 17.6 Å². The number of aliphatic hydroxyl groups excluding tert-OH is 6. The van der Waals surface area contributed by atoms with Gasteiger partial charge in [0.1, 0.15) is 54.2 Å². The molecule has 21 nitrogen and oxygen atoms in total. The first-order valence-electron chi connectivity index (χ1n) is 23.0. The molecule has 5 aliphatic rings. The highest BCUT2D eigenvalue weighted by molar-refractivity contribution is 5.90. The third kappa shape index (κ3) is 12.7. The summed E-state index contributed by atoms with van der Waals surface area (Å²) in [5.74, 6) is -3.70. The van der Waals surface area contributed by atoms with Crippen molar-refractivity contribution in [3.63, 3.8) is 0 Å². The fraction of sp³-hybridized carbons (Fsp3) is 0.733. The number of carboxylic acid groups (broad SMARTS) is 1. The molecule has 0 bridgehead atoms. The number of hydrogen-bond donors (Lipinski definition) is 11.